The number of nitrogens with one attached hydrogen (secondary N) is 1. The molecule has 1 N–H and O–H groups in total. The summed E-state index contributed by atoms with van der Waals surface area (Å²) in [7, 11) is 1.90. The summed E-state index contributed by atoms with van der Waals surface area (Å²) in [6.45, 7) is 1.21. The largest absolute Gasteiger partial charge is 0.350 e. The maximum absolute atomic E-state index is 12.5. The molecular formula is C17H17ClN4O. The van der Waals surface area contributed by atoms with Crippen LogP contribution in [0.4, 0.5) is 0 Å². The average molecular weight is 329 g/mol. The van der Waals surface area contributed by atoms with Crippen LogP contribution >= 0.6 is 11.6 Å². The SMILES string of the molecule is CNCc1ccc(-n2cnn(Cc3ccc(Cl)cc3)c2=O)cc1. The third kappa shape index (κ3) is 3.52. The lowest BCUT2D eigenvalue weighted by molar-refractivity contribution is 0.653. The first-order valence-corrected chi connectivity index (χ1v) is 7.68. The second kappa shape index (κ2) is 6.81. The maximum atomic E-state index is 12.5. The van der Waals surface area contributed by atoms with E-state index in [1.165, 1.54) is 4.68 Å². The molecule has 5 nitrogen and oxygen atoms in total. The van der Waals surface area contributed by atoms with Crippen molar-refractivity contribution in [1.29, 1.82) is 0 Å². The minimum atomic E-state index is -0.165. The number of hydrogen-bond acceptors (Lipinski definition) is 3. The van der Waals surface area contributed by atoms with E-state index in [4.69, 9.17) is 11.6 Å². The first-order chi connectivity index (χ1) is 11.2. The molecule has 0 aliphatic heterocycles. The fourth-order valence-electron chi connectivity index (χ4n) is 2.36. The number of halogens is 1. The van der Waals surface area contributed by atoms with Crippen molar-refractivity contribution in [1.82, 2.24) is 19.7 Å². The zero-order chi connectivity index (χ0) is 16.2. The van der Waals surface area contributed by atoms with Crippen molar-refractivity contribution in [3.63, 3.8) is 0 Å². The molecule has 6 heteroatoms. The third-order valence-corrected chi connectivity index (χ3v) is 3.83. The summed E-state index contributed by atoms with van der Waals surface area (Å²) in [5.41, 5.74) is 2.78. The van der Waals surface area contributed by atoms with E-state index in [-0.39, 0.29) is 5.69 Å². The van der Waals surface area contributed by atoms with E-state index in [0.29, 0.717) is 11.6 Å². The van der Waals surface area contributed by atoms with Crippen LogP contribution in [0, 0.1) is 0 Å². The quantitative estimate of drug-likeness (QED) is 0.782. The smallest absolute Gasteiger partial charge is 0.316 e. The lowest BCUT2D eigenvalue weighted by Crippen LogP contribution is -2.24. The van der Waals surface area contributed by atoms with Gasteiger partial charge in [0.2, 0.25) is 0 Å². The summed E-state index contributed by atoms with van der Waals surface area (Å²) in [6.07, 6.45) is 1.55. The van der Waals surface area contributed by atoms with Crippen molar-refractivity contribution in [3.8, 4) is 5.69 Å². The average Bonchev–Trinajstić information content (AvgIpc) is 2.92. The molecule has 0 spiro atoms. The molecule has 1 heterocycles. The van der Waals surface area contributed by atoms with Crippen molar-refractivity contribution in [2.24, 2.45) is 0 Å². The van der Waals surface area contributed by atoms with Crippen molar-refractivity contribution < 1.29 is 0 Å². The molecule has 0 radical (unpaired) electrons. The van der Waals surface area contributed by atoms with Gasteiger partial charge in [0.25, 0.3) is 0 Å². The van der Waals surface area contributed by atoms with Crippen molar-refractivity contribution in [2.75, 3.05) is 7.05 Å². The van der Waals surface area contributed by atoms with E-state index in [1.807, 2.05) is 43.4 Å². The Labute approximate surface area is 139 Å². The second-order valence-corrected chi connectivity index (χ2v) is 5.70. The summed E-state index contributed by atoms with van der Waals surface area (Å²) >= 11 is 5.87. The highest BCUT2D eigenvalue weighted by Gasteiger charge is 2.07. The highest BCUT2D eigenvalue weighted by molar-refractivity contribution is 6.30. The van der Waals surface area contributed by atoms with Gasteiger partial charge in [0, 0.05) is 11.6 Å². The summed E-state index contributed by atoms with van der Waals surface area (Å²) in [4.78, 5) is 12.5. The van der Waals surface area contributed by atoms with Gasteiger partial charge in [-0.3, -0.25) is 0 Å². The van der Waals surface area contributed by atoms with Gasteiger partial charge in [-0.25, -0.2) is 14.0 Å². The Bertz CT molecular complexity index is 834. The summed E-state index contributed by atoms with van der Waals surface area (Å²) < 4.78 is 2.98. The fraction of sp³-hybridized carbons (Fsp3) is 0.176. The van der Waals surface area contributed by atoms with Crippen LogP contribution in [-0.2, 0) is 13.1 Å². The molecule has 0 atom stereocenters. The predicted molar refractivity (Wildman–Crippen MR) is 91.1 cm³/mol. The van der Waals surface area contributed by atoms with Crippen molar-refractivity contribution in [3.05, 3.63) is 81.5 Å². The highest BCUT2D eigenvalue weighted by Crippen LogP contribution is 2.10. The minimum absolute atomic E-state index is 0.165. The van der Waals surface area contributed by atoms with Crippen LogP contribution in [-0.4, -0.2) is 21.4 Å². The summed E-state index contributed by atoms with van der Waals surface area (Å²) in [5.74, 6) is 0. The Morgan fingerprint density at radius 3 is 2.35 bits per heavy atom. The zero-order valence-electron chi connectivity index (χ0n) is 12.7. The van der Waals surface area contributed by atoms with Crippen LogP contribution in [0.5, 0.6) is 0 Å². The zero-order valence-corrected chi connectivity index (χ0v) is 13.5. The topological polar surface area (TPSA) is 51.9 Å². The highest BCUT2D eigenvalue weighted by atomic mass is 35.5. The van der Waals surface area contributed by atoms with E-state index in [2.05, 4.69) is 10.4 Å². The Morgan fingerprint density at radius 2 is 1.70 bits per heavy atom. The van der Waals surface area contributed by atoms with E-state index < -0.39 is 0 Å². The van der Waals surface area contributed by atoms with E-state index in [9.17, 15) is 4.79 Å². The summed E-state index contributed by atoms with van der Waals surface area (Å²) in [5, 5.41) is 7.96. The number of rotatable bonds is 5. The third-order valence-electron chi connectivity index (χ3n) is 3.57. The molecule has 0 aliphatic carbocycles. The molecule has 3 aromatic rings. The van der Waals surface area contributed by atoms with Crippen LogP contribution in [0.1, 0.15) is 11.1 Å². The van der Waals surface area contributed by atoms with Gasteiger partial charge in [0.1, 0.15) is 6.33 Å². The molecule has 23 heavy (non-hydrogen) atoms. The lowest BCUT2D eigenvalue weighted by atomic mass is 10.2. The molecule has 0 aliphatic rings. The molecule has 0 saturated carbocycles. The van der Waals surface area contributed by atoms with Crippen LogP contribution in [0.3, 0.4) is 0 Å². The molecule has 0 fully saturated rings. The van der Waals surface area contributed by atoms with Gasteiger partial charge in [-0.2, -0.15) is 5.10 Å². The van der Waals surface area contributed by atoms with Crippen LogP contribution in [0.15, 0.2) is 59.7 Å². The second-order valence-electron chi connectivity index (χ2n) is 5.26. The number of hydrogen-bond donors (Lipinski definition) is 1. The van der Waals surface area contributed by atoms with E-state index in [1.54, 1.807) is 23.0 Å². The first-order valence-electron chi connectivity index (χ1n) is 7.30. The van der Waals surface area contributed by atoms with Gasteiger partial charge in [-0.1, -0.05) is 35.9 Å². The Hall–Kier alpha value is -2.37. The summed E-state index contributed by atoms with van der Waals surface area (Å²) in [6, 6.07) is 15.2. The Kier molecular flexibility index (Phi) is 4.60. The van der Waals surface area contributed by atoms with Crippen molar-refractivity contribution in [2.45, 2.75) is 13.1 Å². The van der Waals surface area contributed by atoms with Crippen LogP contribution in [0.25, 0.3) is 5.69 Å². The molecular weight excluding hydrogens is 312 g/mol. The lowest BCUT2D eigenvalue weighted by Gasteiger charge is -2.04. The van der Waals surface area contributed by atoms with Gasteiger partial charge >= 0.3 is 5.69 Å². The Morgan fingerprint density at radius 1 is 1.04 bits per heavy atom. The maximum Gasteiger partial charge on any atom is 0.350 e. The van der Waals surface area contributed by atoms with E-state index in [0.717, 1.165) is 23.4 Å². The molecule has 2 aromatic carbocycles. The molecule has 0 bridgehead atoms. The minimum Gasteiger partial charge on any atom is -0.316 e. The van der Waals surface area contributed by atoms with Crippen LogP contribution < -0.4 is 11.0 Å². The molecule has 0 saturated heterocycles. The number of aromatic nitrogens is 3. The van der Waals surface area contributed by atoms with Gasteiger partial charge < -0.3 is 5.32 Å². The van der Waals surface area contributed by atoms with Gasteiger partial charge in [0.15, 0.2) is 0 Å². The number of benzene rings is 2. The Balaban J connectivity index is 1.84. The van der Waals surface area contributed by atoms with Crippen LogP contribution in [0.2, 0.25) is 5.02 Å². The molecule has 118 valence electrons. The normalized spacial score (nSPS) is 10.9. The molecule has 3 rings (SSSR count). The molecule has 1 aromatic heterocycles. The fourth-order valence-corrected chi connectivity index (χ4v) is 2.49. The van der Waals surface area contributed by atoms with E-state index >= 15 is 0 Å². The van der Waals surface area contributed by atoms with Gasteiger partial charge in [-0.15, -0.1) is 0 Å². The molecule has 0 unspecified atom stereocenters. The standard InChI is InChI=1S/C17H17ClN4O/c1-19-10-13-4-8-16(9-5-13)21-12-20-22(17(21)23)11-14-2-6-15(18)7-3-14/h2-9,12,19H,10-11H2,1H3. The number of nitrogens with zero attached hydrogens (tertiary/aromatic N) is 3. The van der Waals surface area contributed by atoms with Gasteiger partial charge in [0.05, 0.1) is 12.2 Å². The monoisotopic (exact) mass is 328 g/mol. The molecule has 0 amide bonds. The van der Waals surface area contributed by atoms with Gasteiger partial charge in [-0.05, 0) is 42.4 Å². The van der Waals surface area contributed by atoms with Crippen molar-refractivity contribution >= 4 is 11.6 Å². The first kappa shape index (κ1) is 15.5. The predicted octanol–water partition coefficient (Wildman–Crippen LogP) is 2.46.